The van der Waals surface area contributed by atoms with Gasteiger partial charge in [0.2, 0.25) is 0 Å². The highest BCUT2D eigenvalue weighted by Gasteiger charge is 2.20. The van der Waals surface area contributed by atoms with E-state index in [1.807, 2.05) is 0 Å². The van der Waals surface area contributed by atoms with E-state index in [9.17, 15) is 0 Å². The molecule has 1 unspecified atom stereocenters. The molecule has 3 heteroatoms. The summed E-state index contributed by atoms with van der Waals surface area (Å²) in [6.45, 7) is 2.30. The van der Waals surface area contributed by atoms with Crippen LogP contribution >= 0.6 is 0 Å². The number of hydrogen-bond acceptors (Lipinski definition) is 3. The van der Waals surface area contributed by atoms with Crippen LogP contribution in [-0.2, 0) is 0 Å². The number of fused-ring (bicyclic) bond motifs is 3. The molecule has 0 spiro atoms. The molecule has 1 aliphatic rings. The van der Waals surface area contributed by atoms with Crippen molar-refractivity contribution in [2.24, 2.45) is 5.73 Å². The molecule has 0 aliphatic carbocycles. The van der Waals surface area contributed by atoms with Gasteiger partial charge in [-0.05, 0) is 18.2 Å². The van der Waals surface area contributed by atoms with Crippen LogP contribution in [0.4, 0.5) is 0 Å². The van der Waals surface area contributed by atoms with Gasteiger partial charge in [-0.15, -0.1) is 0 Å². The average Bonchev–Trinajstić information content (AvgIpc) is 2.67. The average molecular weight is 256 g/mol. The summed E-state index contributed by atoms with van der Waals surface area (Å²) in [7, 11) is 0. The largest absolute Gasteiger partial charge is 0.493 e. The zero-order valence-corrected chi connectivity index (χ0v) is 11.1. The summed E-state index contributed by atoms with van der Waals surface area (Å²) in [5, 5.41) is 5.97. The molecule has 0 radical (unpaired) electrons. The van der Waals surface area contributed by atoms with E-state index in [2.05, 4.69) is 41.7 Å². The lowest BCUT2D eigenvalue weighted by Crippen LogP contribution is -2.27. The van der Waals surface area contributed by atoms with Crippen LogP contribution in [0.2, 0.25) is 0 Å². The Morgan fingerprint density at radius 3 is 3.00 bits per heavy atom. The molecule has 19 heavy (non-hydrogen) atoms. The van der Waals surface area contributed by atoms with Crippen LogP contribution in [0.1, 0.15) is 24.4 Å². The van der Waals surface area contributed by atoms with Crippen LogP contribution in [-0.4, -0.2) is 19.7 Å². The number of nitrogens with one attached hydrogen (secondary N) is 1. The van der Waals surface area contributed by atoms with Gasteiger partial charge >= 0.3 is 0 Å². The summed E-state index contributed by atoms with van der Waals surface area (Å²) < 4.78 is 6.00. The number of hydrogen-bond donors (Lipinski definition) is 2. The van der Waals surface area contributed by atoms with Crippen molar-refractivity contribution in [3.63, 3.8) is 0 Å². The fraction of sp³-hybridized carbons (Fsp3) is 0.375. The summed E-state index contributed by atoms with van der Waals surface area (Å²) in [4.78, 5) is 0. The lowest BCUT2D eigenvalue weighted by atomic mass is 9.98. The van der Waals surface area contributed by atoms with Crippen LogP contribution in [0.5, 0.6) is 5.75 Å². The number of rotatable bonds is 3. The summed E-state index contributed by atoms with van der Waals surface area (Å²) >= 11 is 0. The Kier molecular flexibility index (Phi) is 3.67. The molecule has 0 amide bonds. The highest BCUT2D eigenvalue weighted by atomic mass is 16.5. The Morgan fingerprint density at radius 2 is 2.11 bits per heavy atom. The molecule has 100 valence electrons. The smallest absolute Gasteiger partial charge is 0.131 e. The molecule has 0 bridgehead atoms. The summed E-state index contributed by atoms with van der Waals surface area (Å²) in [5.41, 5.74) is 6.87. The second-order valence-electron chi connectivity index (χ2n) is 4.99. The lowest BCUT2D eigenvalue weighted by molar-refractivity contribution is 0.318. The van der Waals surface area contributed by atoms with Crippen molar-refractivity contribution < 1.29 is 4.74 Å². The molecule has 1 atom stereocenters. The zero-order valence-electron chi connectivity index (χ0n) is 11.1. The predicted molar refractivity (Wildman–Crippen MR) is 78.5 cm³/mol. The molecule has 3 N–H and O–H groups in total. The van der Waals surface area contributed by atoms with Gasteiger partial charge in [-0.3, -0.25) is 0 Å². The first-order valence-electron chi connectivity index (χ1n) is 6.98. The molecule has 0 saturated heterocycles. The number of benzene rings is 2. The third-order valence-corrected chi connectivity index (χ3v) is 3.70. The topological polar surface area (TPSA) is 47.3 Å². The minimum atomic E-state index is 0.352. The van der Waals surface area contributed by atoms with Gasteiger partial charge in [0, 0.05) is 30.1 Å². The van der Waals surface area contributed by atoms with Crippen molar-refractivity contribution in [3.8, 4) is 5.75 Å². The summed E-state index contributed by atoms with van der Waals surface area (Å²) in [6, 6.07) is 13.1. The van der Waals surface area contributed by atoms with Crippen molar-refractivity contribution in [3.05, 3.63) is 42.0 Å². The predicted octanol–water partition coefficient (Wildman–Crippen LogP) is 2.60. The second-order valence-corrected chi connectivity index (χ2v) is 4.99. The summed E-state index contributed by atoms with van der Waals surface area (Å²) in [5.74, 6) is 1.05. The molecular weight excluding hydrogens is 236 g/mol. The van der Waals surface area contributed by atoms with Gasteiger partial charge in [-0.1, -0.05) is 36.4 Å². The Balaban J connectivity index is 2.06. The Labute approximate surface area is 113 Å². The fourth-order valence-corrected chi connectivity index (χ4v) is 2.78. The van der Waals surface area contributed by atoms with E-state index in [1.54, 1.807) is 0 Å². The molecule has 0 aromatic heterocycles. The van der Waals surface area contributed by atoms with Crippen LogP contribution in [0.15, 0.2) is 36.4 Å². The monoisotopic (exact) mass is 256 g/mol. The fourth-order valence-electron chi connectivity index (χ4n) is 2.78. The Hall–Kier alpha value is -1.58. The normalized spacial score (nSPS) is 18.7. The maximum Gasteiger partial charge on any atom is 0.131 e. The van der Waals surface area contributed by atoms with Crippen molar-refractivity contribution in [2.45, 2.75) is 18.9 Å². The van der Waals surface area contributed by atoms with Gasteiger partial charge in [-0.2, -0.15) is 0 Å². The van der Waals surface area contributed by atoms with Gasteiger partial charge in [0.25, 0.3) is 0 Å². The van der Waals surface area contributed by atoms with Crippen molar-refractivity contribution in [2.75, 3.05) is 19.7 Å². The molecule has 1 heterocycles. The van der Waals surface area contributed by atoms with Gasteiger partial charge in [0.15, 0.2) is 0 Å². The van der Waals surface area contributed by atoms with E-state index in [1.165, 1.54) is 16.3 Å². The van der Waals surface area contributed by atoms with Crippen molar-refractivity contribution in [1.29, 1.82) is 0 Å². The zero-order chi connectivity index (χ0) is 13.1. The Morgan fingerprint density at radius 1 is 1.21 bits per heavy atom. The minimum Gasteiger partial charge on any atom is -0.493 e. The first kappa shape index (κ1) is 12.5. The van der Waals surface area contributed by atoms with Gasteiger partial charge in [0.1, 0.15) is 5.75 Å². The molecule has 2 aromatic carbocycles. The highest BCUT2D eigenvalue weighted by Crippen LogP contribution is 2.37. The van der Waals surface area contributed by atoms with Crippen LogP contribution in [0.25, 0.3) is 10.8 Å². The van der Waals surface area contributed by atoms with E-state index >= 15 is 0 Å². The van der Waals surface area contributed by atoms with Gasteiger partial charge in [0.05, 0.1) is 6.61 Å². The molecule has 2 aromatic rings. The summed E-state index contributed by atoms with van der Waals surface area (Å²) in [6.07, 6.45) is 2.18. The van der Waals surface area contributed by atoms with E-state index in [4.69, 9.17) is 10.5 Å². The van der Waals surface area contributed by atoms with Crippen LogP contribution < -0.4 is 15.8 Å². The molecule has 1 aliphatic heterocycles. The van der Waals surface area contributed by atoms with Crippen molar-refractivity contribution >= 4 is 10.8 Å². The SMILES string of the molecule is NCCNC1CCCOc2c1ccc1ccccc21. The first-order chi connectivity index (χ1) is 9.40. The van der Waals surface area contributed by atoms with Gasteiger partial charge < -0.3 is 15.8 Å². The number of nitrogens with two attached hydrogens (primary N) is 1. The van der Waals surface area contributed by atoms with Gasteiger partial charge in [-0.25, -0.2) is 0 Å². The van der Waals surface area contributed by atoms with E-state index in [-0.39, 0.29) is 0 Å². The maximum absolute atomic E-state index is 6.00. The maximum atomic E-state index is 6.00. The first-order valence-corrected chi connectivity index (χ1v) is 6.98. The quantitative estimate of drug-likeness (QED) is 0.887. The molecule has 0 fully saturated rings. The molecule has 0 saturated carbocycles. The second kappa shape index (κ2) is 5.59. The lowest BCUT2D eigenvalue weighted by Gasteiger charge is -2.19. The standard InChI is InChI=1S/C16H20N2O/c17-9-10-18-15-6-3-11-19-16-13-5-2-1-4-12(13)7-8-14(15)16/h1-2,4-5,7-8,15,18H,3,6,9-11,17H2. The third-order valence-electron chi connectivity index (χ3n) is 3.70. The van der Waals surface area contributed by atoms with Crippen LogP contribution in [0.3, 0.4) is 0 Å². The molecule has 3 nitrogen and oxygen atoms in total. The minimum absolute atomic E-state index is 0.352. The van der Waals surface area contributed by atoms with E-state index < -0.39 is 0 Å². The number of ether oxygens (including phenoxy) is 1. The van der Waals surface area contributed by atoms with Crippen molar-refractivity contribution in [1.82, 2.24) is 5.32 Å². The molecular formula is C16H20N2O. The molecule has 3 rings (SSSR count). The van der Waals surface area contributed by atoms with E-state index in [0.29, 0.717) is 12.6 Å². The van der Waals surface area contributed by atoms with E-state index in [0.717, 1.165) is 31.7 Å². The third kappa shape index (κ3) is 2.44. The van der Waals surface area contributed by atoms with Crippen LogP contribution in [0, 0.1) is 0 Å². The Bertz CT molecular complexity index is 568. The highest BCUT2D eigenvalue weighted by molar-refractivity contribution is 5.89.